The highest BCUT2D eigenvalue weighted by Crippen LogP contribution is 2.40. The molecule has 46 heavy (non-hydrogen) atoms. The lowest BCUT2D eigenvalue weighted by molar-refractivity contribution is 1.19. The summed E-state index contributed by atoms with van der Waals surface area (Å²) < 4.78 is 2.48. The van der Waals surface area contributed by atoms with Crippen molar-refractivity contribution < 1.29 is 0 Å². The van der Waals surface area contributed by atoms with E-state index in [9.17, 15) is 0 Å². The molecule has 9 aromatic rings. The molecule has 0 fully saturated rings. The topological polar surface area (TPSA) is 16.1 Å². The summed E-state index contributed by atoms with van der Waals surface area (Å²) in [5, 5.41) is 7.58. The van der Waals surface area contributed by atoms with Crippen LogP contribution >= 0.6 is 11.3 Å². The molecule has 0 radical (unpaired) electrons. The average Bonchev–Trinajstić information content (AvgIpc) is 3.51. The van der Waals surface area contributed by atoms with Gasteiger partial charge in [0.05, 0.1) is 4.70 Å². The minimum Gasteiger partial charge on any atom is -0.295 e. The highest BCUT2D eigenvalue weighted by molar-refractivity contribution is 7.25. The molecule has 3 heteroatoms. The Kier molecular flexibility index (Phi) is 6.36. The Balaban J connectivity index is 1.15. The van der Waals surface area contributed by atoms with E-state index in [1.165, 1.54) is 64.0 Å². The van der Waals surface area contributed by atoms with Crippen molar-refractivity contribution in [2.45, 2.75) is 0 Å². The quantitative estimate of drug-likeness (QED) is 0.182. The van der Waals surface area contributed by atoms with Crippen LogP contribution in [0.15, 0.2) is 170 Å². The van der Waals surface area contributed by atoms with Crippen molar-refractivity contribution in [1.82, 2.24) is 4.98 Å². The van der Waals surface area contributed by atoms with Crippen molar-refractivity contribution in [3.05, 3.63) is 170 Å². The minimum atomic E-state index is 0.897. The van der Waals surface area contributed by atoms with Gasteiger partial charge in [-0.15, -0.1) is 11.3 Å². The van der Waals surface area contributed by atoms with Gasteiger partial charge in [-0.05, 0) is 86.3 Å². The maximum absolute atomic E-state index is 5.02. The number of fused-ring (bicyclic) bond motifs is 6. The molecule has 216 valence electrons. The van der Waals surface area contributed by atoms with E-state index in [1.54, 1.807) is 11.3 Å². The molecule has 0 spiro atoms. The number of hydrogen-bond donors (Lipinski definition) is 0. The van der Waals surface area contributed by atoms with Crippen LogP contribution in [0.25, 0.3) is 64.0 Å². The van der Waals surface area contributed by atoms with Gasteiger partial charge in [-0.3, -0.25) is 4.90 Å². The van der Waals surface area contributed by atoms with E-state index in [0.29, 0.717) is 0 Å². The van der Waals surface area contributed by atoms with E-state index in [-0.39, 0.29) is 0 Å². The van der Waals surface area contributed by atoms with Crippen LogP contribution in [-0.4, -0.2) is 4.98 Å². The van der Waals surface area contributed by atoms with E-state index < -0.39 is 0 Å². The summed E-state index contributed by atoms with van der Waals surface area (Å²) in [6, 6.07) is 58.9. The zero-order chi connectivity index (χ0) is 30.5. The molecule has 9 rings (SSSR count). The number of nitrogens with zero attached hydrogens (tertiary/aromatic N) is 2. The Bertz CT molecular complexity index is 2510. The Morgan fingerprint density at radius 2 is 0.957 bits per heavy atom. The Morgan fingerprint density at radius 1 is 0.391 bits per heavy atom. The molecular formula is C43H28N2S. The smallest absolute Gasteiger partial charge is 0.138 e. The number of thiophene rings is 1. The lowest BCUT2D eigenvalue weighted by Gasteiger charge is -2.25. The second kappa shape index (κ2) is 11.0. The summed E-state index contributed by atoms with van der Waals surface area (Å²) in [6.45, 7) is 0. The first-order chi connectivity index (χ1) is 22.8. The van der Waals surface area contributed by atoms with Crippen LogP contribution in [0.4, 0.5) is 17.2 Å². The standard InChI is InChI=1S/C43H28N2S/c1-2-8-29(9-3-1)30-18-22-35(23-19-30)45(43-27-40-38-12-6-7-13-41(38)46-42(40)28-44-43)36-24-20-31(21-25-36)34-17-16-33-15-14-32-10-4-5-11-37(32)39(33)26-34/h1-28H. The van der Waals surface area contributed by atoms with Gasteiger partial charge in [-0.2, -0.15) is 0 Å². The van der Waals surface area contributed by atoms with Gasteiger partial charge in [0, 0.05) is 33.0 Å². The van der Waals surface area contributed by atoms with E-state index in [2.05, 4.69) is 169 Å². The molecule has 0 aliphatic rings. The van der Waals surface area contributed by atoms with Crippen LogP contribution in [0.3, 0.4) is 0 Å². The maximum atomic E-state index is 5.02. The van der Waals surface area contributed by atoms with Crippen molar-refractivity contribution in [2.75, 3.05) is 4.90 Å². The number of pyridine rings is 1. The van der Waals surface area contributed by atoms with Crippen LogP contribution in [0.2, 0.25) is 0 Å². The third kappa shape index (κ3) is 4.61. The van der Waals surface area contributed by atoms with Crippen molar-refractivity contribution >= 4 is 70.2 Å². The molecule has 0 amide bonds. The lowest BCUT2D eigenvalue weighted by Crippen LogP contribution is -2.11. The third-order valence-corrected chi connectivity index (χ3v) is 10.0. The molecule has 0 saturated heterocycles. The molecule has 0 aliphatic carbocycles. The summed E-state index contributed by atoms with van der Waals surface area (Å²) in [7, 11) is 0. The fourth-order valence-corrected chi connectivity index (χ4v) is 7.63. The van der Waals surface area contributed by atoms with Crippen LogP contribution in [-0.2, 0) is 0 Å². The number of anilines is 3. The average molecular weight is 605 g/mol. The zero-order valence-electron chi connectivity index (χ0n) is 25.0. The second-order valence-electron chi connectivity index (χ2n) is 11.7. The number of benzene rings is 7. The highest BCUT2D eigenvalue weighted by Gasteiger charge is 2.17. The van der Waals surface area contributed by atoms with E-state index in [1.807, 2.05) is 6.20 Å². The minimum absolute atomic E-state index is 0.897. The van der Waals surface area contributed by atoms with Gasteiger partial charge in [0.25, 0.3) is 0 Å². The molecule has 2 aromatic heterocycles. The van der Waals surface area contributed by atoms with Crippen LogP contribution in [0.1, 0.15) is 0 Å². The molecule has 0 N–H and O–H groups in total. The summed E-state index contributed by atoms with van der Waals surface area (Å²) in [4.78, 5) is 7.28. The van der Waals surface area contributed by atoms with E-state index in [4.69, 9.17) is 4.98 Å². The van der Waals surface area contributed by atoms with E-state index in [0.717, 1.165) is 17.2 Å². The first-order valence-corrected chi connectivity index (χ1v) is 16.4. The SMILES string of the molecule is c1ccc(-c2ccc(N(c3ccc(-c4ccc5ccc6ccccc6c5c4)cc3)c3cc4c(cn3)sc3ccccc34)cc2)cc1. The Hall–Kier alpha value is -5.77. The normalized spacial score (nSPS) is 11.5. The molecule has 0 saturated carbocycles. The Labute approximate surface area is 271 Å². The van der Waals surface area contributed by atoms with Crippen LogP contribution in [0.5, 0.6) is 0 Å². The summed E-state index contributed by atoms with van der Waals surface area (Å²) in [6.07, 6.45) is 2.02. The monoisotopic (exact) mass is 604 g/mol. The molecule has 2 heterocycles. The first kappa shape index (κ1) is 26.6. The number of rotatable bonds is 5. The summed E-state index contributed by atoms with van der Waals surface area (Å²) >= 11 is 1.79. The van der Waals surface area contributed by atoms with Crippen LogP contribution < -0.4 is 4.90 Å². The zero-order valence-corrected chi connectivity index (χ0v) is 25.8. The fourth-order valence-electron chi connectivity index (χ4n) is 6.57. The molecule has 0 aliphatic heterocycles. The second-order valence-corrected chi connectivity index (χ2v) is 12.7. The molecule has 7 aromatic carbocycles. The molecule has 2 nitrogen and oxygen atoms in total. The first-order valence-electron chi connectivity index (χ1n) is 15.5. The largest absolute Gasteiger partial charge is 0.295 e. The van der Waals surface area contributed by atoms with Gasteiger partial charge in [0.2, 0.25) is 0 Å². The van der Waals surface area contributed by atoms with Crippen molar-refractivity contribution in [3.8, 4) is 22.3 Å². The number of hydrogen-bond acceptors (Lipinski definition) is 3. The van der Waals surface area contributed by atoms with Gasteiger partial charge in [0.15, 0.2) is 0 Å². The van der Waals surface area contributed by atoms with Gasteiger partial charge in [-0.1, -0.05) is 121 Å². The summed E-state index contributed by atoms with van der Waals surface area (Å²) in [5.41, 5.74) is 6.92. The predicted octanol–water partition coefficient (Wildman–Crippen LogP) is 12.6. The van der Waals surface area contributed by atoms with Crippen molar-refractivity contribution in [3.63, 3.8) is 0 Å². The Morgan fingerprint density at radius 3 is 1.72 bits per heavy atom. The molecule has 0 unspecified atom stereocenters. The van der Waals surface area contributed by atoms with E-state index >= 15 is 0 Å². The highest BCUT2D eigenvalue weighted by atomic mass is 32.1. The third-order valence-electron chi connectivity index (χ3n) is 8.92. The molecule has 0 atom stereocenters. The predicted molar refractivity (Wildman–Crippen MR) is 198 cm³/mol. The number of aromatic nitrogens is 1. The van der Waals surface area contributed by atoms with Gasteiger partial charge >= 0.3 is 0 Å². The van der Waals surface area contributed by atoms with Crippen molar-refractivity contribution in [2.24, 2.45) is 0 Å². The van der Waals surface area contributed by atoms with Gasteiger partial charge < -0.3 is 0 Å². The maximum Gasteiger partial charge on any atom is 0.138 e. The van der Waals surface area contributed by atoms with Gasteiger partial charge in [0.1, 0.15) is 5.82 Å². The van der Waals surface area contributed by atoms with Crippen molar-refractivity contribution in [1.29, 1.82) is 0 Å². The summed E-state index contributed by atoms with van der Waals surface area (Å²) in [5.74, 6) is 0.897. The van der Waals surface area contributed by atoms with Crippen LogP contribution in [0, 0.1) is 0 Å². The molecule has 0 bridgehead atoms. The molecular weight excluding hydrogens is 577 g/mol. The van der Waals surface area contributed by atoms with Gasteiger partial charge in [-0.25, -0.2) is 4.98 Å². The fraction of sp³-hybridized carbons (Fsp3) is 0. The lowest BCUT2D eigenvalue weighted by atomic mass is 9.97.